The van der Waals surface area contributed by atoms with Crippen LogP contribution in [0.2, 0.25) is 0 Å². The van der Waals surface area contributed by atoms with Crippen LogP contribution < -0.4 is 0 Å². The molecule has 0 aromatic rings. The molecule has 0 fully saturated rings. The minimum Gasteiger partial charge on any atom is -0.396 e. The van der Waals surface area contributed by atoms with Gasteiger partial charge in [0.25, 0.3) is 0 Å². The molecule has 0 bridgehead atoms. The summed E-state index contributed by atoms with van der Waals surface area (Å²) in [6.07, 6.45) is 4.03. The number of rotatable bonds is 5. The van der Waals surface area contributed by atoms with Gasteiger partial charge in [-0.3, -0.25) is 0 Å². The number of hydrogen-bond acceptors (Lipinski definition) is 2. The van der Waals surface area contributed by atoms with Gasteiger partial charge in [0.2, 0.25) is 0 Å². The summed E-state index contributed by atoms with van der Waals surface area (Å²) in [6.45, 7) is 4.11. The Labute approximate surface area is 68.6 Å². The van der Waals surface area contributed by atoms with Crippen molar-refractivity contribution >= 4 is 0 Å². The highest BCUT2D eigenvalue weighted by Crippen LogP contribution is 2.07. The van der Waals surface area contributed by atoms with E-state index in [1.807, 2.05) is 19.9 Å². The van der Waals surface area contributed by atoms with E-state index in [9.17, 15) is 5.11 Å². The molecule has 11 heavy (non-hydrogen) atoms. The predicted molar refractivity (Wildman–Crippen MR) is 46.4 cm³/mol. The first-order valence-corrected chi connectivity index (χ1v) is 4.18. The molecule has 0 heterocycles. The van der Waals surface area contributed by atoms with Gasteiger partial charge in [0.15, 0.2) is 0 Å². The summed E-state index contributed by atoms with van der Waals surface area (Å²) in [5.74, 6) is 0. The van der Waals surface area contributed by atoms with Crippen LogP contribution in [0, 0.1) is 0 Å². The van der Waals surface area contributed by atoms with Gasteiger partial charge in [-0.05, 0) is 25.3 Å². The van der Waals surface area contributed by atoms with Gasteiger partial charge in [0.05, 0.1) is 6.10 Å². The molecule has 1 unspecified atom stereocenters. The van der Waals surface area contributed by atoms with Crippen LogP contribution in [0.15, 0.2) is 11.6 Å². The monoisotopic (exact) mass is 158 g/mol. The van der Waals surface area contributed by atoms with Gasteiger partial charge in [-0.2, -0.15) is 0 Å². The fourth-order valence-electron chi connectivity index (χ4n) is 0.929. The van der Waals surface area contributed by atoms with Crippen molar-refractivity contribution in [3.8, 4) is 0 Å². The summed E-state index contributed by atoms with van der Waals surface area (Å²) < 4.78 is 0. The molecule has 0 aliphatic rings. The van der Waals surface area contributed by atoms with Crippen LogP contribution >= 0.6 is 0 Å². The third-order valence-corrected chi connectivity index (χ3v) is 1.68. The highest BCUT2D eigenvalue weighted by atomic mass is 16.3. The number of aliphatic hydroxyl groups excluding tert-OH is 2. The van der Waals surface area contributed by atoms with Crippen molar-refractivity contribution in [2.75, 3.05) is 6.61 Å². The Morgan fingerprint density at radius 3 is 2.64 bits per heavy atom. The van der Waals surface area contributed by atoms with E-state index in [1.54, 1.807) is 0 Å². The van der Waals surface area contributed by atoms with Crippen molar-refractivity contribution in [3.05, 3.63) is 11.6 Å². The lowest BCUT2D eigenvalue weighted by molar-refractivity contribution is 0.198. The Morgan fingerprint density at radius 1 is 1.55 bits per heavy atom. The first-order chi connectivity index (χ1) is 5.22. The van der Waals surface area contributed by atoms with Gasteiger partial charge in [-0.15, -0.1) is 0 Å². The molecular weight excluding hydrogens is 140 g/mol. The molecule has 2 nitrogen and oxygen atoms in total. The fourth-order valence-corrected chi connectivity index (χ4v) is 0.929. The lowest BCUT2D eigenvalue weighted by atomic mass is 10.1. The molecule has 2 heteroatoms. The summed E-state index contributed by atoms with van der Waals surface area (Å²) in [5.41, 5.74) is 0.973. The second-order valence-corrected chi connectivity index (χ2v) is 2.76. The van der Waals surface area contributed by atoms with Gasteiger partial charge in [0.1, 0.15) is 0 Å². The second-order valence-electron chi connectivity index (χ2n) is 2.76. The maximum absolute atomic E-state index is 9.39. The van der Waals surface area contributed by atoms with Crippen LogP contribution in [0.5, 0.6) is 0 Å². The van der Waals surface area contributed by atoms with E-state index in [0.717, 1.165) is 18.4 Å². The molecule has 0 spiro atoms. The van der Waals surface area contributed by atoms with E-state index < -0.39 is 0 Å². The van der Waals surface area contributed by atoms with Crippen molar-refractivity contribution < 1.29 is 10.2 Å². The van der Waals surface area contributed by atoms with Crippen LogP contribution in [0.25, 0.3) is 0 Å². The predicted octanol–water partition coefficient (Wildman–Crippen LogP) is 1.48. The van der Waals surface area contributed by atoms with Gasteiger partial charge in [-0.1, -0.05) is 19.4 Å². The SMILES string of the molecule is CCCC(O)C(C)=CCCO. The van der Waals surface area contributed by atoms with Crippen molar-refractivity contribution in [1.29, 1.82) is 0 Å². The molecule has 66 valence electrons. The maximum atomic E-state index is 9.39. The fraction of sp³-hybridized carbons (Fsp3) is 0.778. The normalized spacial score (nSPS) is 15.1. The average molecular weight is 158 g/mol. The van der Waals surface area contributed by atoms with Crippen LogP contribution in [0.1, 0.15) is 33.1 Å². The van der Waals surface area contributed by atoms with Crippen molar-refractivity contribution in [2.24, 2.45) is 0 Å². The van der Waals surface area contributed by atoms with E-state index >= 15 is 0 Å². The van der Waals surface area contributed by atoms with E-state index in [2.05, 4.69) is 0 Å². The van der Waals surface area contributed by atoms with Crippen LogP contribution in [0.4, 0.5) is 0 Å². The Balaban J connectivity index is 3.69. The average Bonchev–Trinajstić information content (AvgIpc) is 2.00. The molecule has 0 rings (SSSR count). The molecule has 0 aliphatic carbocycles. The first-order valence-electron chi connectivity index (χ1n) is 4.18. The van der Waals surface area contributed by atoms with Gasteiger partial charge in [-0.25, -0.2) is 0 Å². The van der Waals surface area contributed by atoms with E-state index in [1.165, 1.54) is 0 Å². The Hall–Kier alpha value is -0.340. The van der Waals surface area contributed by atoms with Crippen molar-refractivity contribution in [2.45, 2.75) is 39.2 Å². The van der Waals surface area contributed by atoms with Crippen LogP contribution in [-0.2, 0) is 0 Å². The Morgan fingerprint density at radius 2 is 2.18 bits per heavy atom. The molecule has 0 saturated heterocycles. The molecule has 0 aromatic heterocycles. The first kappa shape index (κ1) is 10.7. The highest BCUT2D eigenvalue weighted by Gasteiger charge is 2.02. The van der Waals surface area contributed by atoms with Crippen LogP contribution in [-0.4, -0.2) is 22.9 Å². The lowest BCUT2D eigenvalue weighted by Crippen LogP contribution is -2.07. The minimum absolute atomic E-state index is 0.163. The van der Waals surface area contributed by atoms with E-state index in [4.69, 9.17) is 5.11 Å². The molecule has 1 atom stereocenters. The summed E-state index contributed by atoms with van der Waals surface area (Å²) >= 11 is 0. The summed E-state index contributed by atoms with van der Waals surface area (Å²) in [4.78, 5) is 0. The second kappa shape index (κ2) is 6.38. The Bertz CT molecular complexity index is 119. The standard InChI is InChI=1S/C9H18O2/c1-3-5-9(11)8(2)6-4-7-10/h6,9-11H,3-5,7H2,1-2H3. The van der Waals surface area contributed by atoms with E-state index in [0.29, 0.717) is 6.42 Å². The summed E-state index contributed by atoms with van der Waals surface area (Å²) in [5, 5.41) is 17.9. The molecule has 0 aromatic carbocycles. The number of hydrogen-bond donors (Lipinski definition) is 2. The zero-order valence-corrected chi connectivity index (χ0v) is 7.38. The maximum Gasteiger partial charge on any atom is 0.0747 e. The van der Waals surface area contributed by atoms with Gasteiger partial charge < -0.3 is 10.2 Å². The molecular formula is C9H18O2. The summed E-state index contributed by atoms with van der Waals surface area (Å²) in [7, 11) is 0. The topological polar surface area (TPSA) is 40.5 Å². The van der Waals surface area contributed by atoms with Gasteiger partial charge in [0, 0.05) is 6.61 Å². The van der Waals surface area contributed by atoms with E-state index in [-0.39, 0.29) is 12.7 Å². The minimum atomic E-state index is -0.313. The largest absolute Gasteiger partial charge is 0.396 e. The Kier molecular flexibility index (Phi) is 6.18. The smallest absolute Gasteiger partial charge is 0.0747 e. The lowest BCUT2D eigenvalue weighted by Gasteiger charge is -2.08. The van der Waals surface area contributed by atoms with Crippen LogP contribution in [0.3, 0.4) is 0 Å². The molecule has 0 radical (unpaired) electrons. The summed E-state index contributed by atoms with van der Waals surface area (Å²) in [6, 6.07) is 0. The zero-order chi connectivity index (χ0) is 8.69. The molecule has 0 amide bonds. The van der Waals surface area contributed by atoms with Gasteiger partial charge >= 0.3 is 0 Å². The molecule has 2 N–H and O–H groups in total. The highest BCUT2D eigenvalue weighted by molar-refractivity contribution is 5.03. The van der Waals surface area contributed by atoms with Crippen molar-refractivity contribution in [3.63, 3.8) is 0 Å². The third-order valence-electron chi connectivity index (χ3n) is 1.68. The van der Waals surface area contributed by atoms with Crippen molar-refractivity contribution in [1.82, 2.24) is 0 Å². The zero-order valence-electron chi connectivity index (χ0n) is 7.38. The third kappa shape index (κ3) is 4.99. The quantitative estimate of drug-likeness (QED) is 0.595. The number of aliphatic hydroxyl groups is 2. The molecule has 0 saturated carbocycles. The molecule has 0 aliphatic heterocycles.